The van der Waals surface area contributed by atoms with Crippen molar-refractivity contribution in [2.75, 3.05) is 18.8 Å². The van der Waals surface area contributed by atoms with Gasteiger partial charge in [-0.25, -0.2) is 4.79 Å². The smallest absolute Gasteiger partial charge is 0.410 e. The van der Waals surface area contributed by atoms with E-state index in [1.165, 1.54) is 0 Å². The molecule has 0 spiro atoms. The summed E-state index contributed by atoms with van der Waals surface area (Å²) < 4.78 is 35.7. The summed E-state index contributed by atoms with van der Waals surface area (Å²) in [5, 5.41) is 0. The molecule has 1 saturated heterocycles. The van der Waals surface area contributed by atoms with Gasteiger partial charge in [-0.3, -0.25) is 4.55 Å². The van der Waals surface area contributed by atoms with Gasteiger partial charge in [0.2, 0.25) is 0 Å². The van der Waals surface area contributed by atoms with E-state index in [2.05, 4.69) is 0 Å². The second kappa shape index (κ2) is 6.91. The maximum atomic E-state index is 11.9. The van der Waals surface area contributed by atoms with Gasteiger partial charge in [0.25, 0.3) is 10.1 Å². The monoisotopic (exact) mass is 313 g/mol. The molecule has 1 aromatic rings. The first-order valence-corrected chi connectivity index (χ1v) is 8.46. The fraction of sp³-hybridized carbons (Fsp3) is 0.500. The second-order valence-corrected chi connectivity index (χ2v) is 6.72. The van der Waals surface area contributed by atoms with Crippen LogP contribution in [0.1, 0.15) is 18.4 Å². The minimum atomic E-state index is -3.94. The van der Waals surface area contributed by atoms with Crippen molar-refractivity contribution in [3.63, 3.8) is 0 Å². The third-order valence-electron chi connectivity index (χ3n) is 3.52. The molecule has 6 nitrogen and oxygen atoms in total. The van der Waals surface area contributed by atoms with E-state index < -0.39 is 10.1 Å². The van der Waals surface area contributed by atoms with Crippen LogP contribution in [0.5, 0.6) is 0 Å². The van der Waals surface area contributed by atoms with Gasteiger partial charge in [-0.15, -0.1) is 0 Å². The van der Waals surface area contributed by atoms with Gasteiger partial charge in [-0.05, 0) is 24.3 Å². The normalized spacial score (nSPS) is 16.7. The highest BCUT2D eigenvalue weighted by Gasteiger charge is 2.26. The zero-order valence-electron chi connectivity index (χ0n) is 11.6. The van der Waals surface area contributed by atoms with Gasteiger partial charge in [-0.2, -0.15) is 8.42 Å². The first-order valence-electron chi connectivity index (χ1n) is 6.85. The molecule has 1 aliphatic heterocycles. The number of benzene rings is 1. The van der Waals surface area contributed by atoms with Gasteiger partial charge in [0.15, 0.2) is 0 Å². The van der Waals surface area contributed by atoms with Crippen molar-refractivity contribution in [1.82, 2.24) is 4.90 Å². The highest BCUT2D eigenvalue weighted by molar-refractivity contribution is 7.85. The van der Waals surface area contributed by atoms with Crippen molar-refractivity contribution >= 4 is 16.2 Å². The molecule has 0 saturated carbocycles. The number of amides is 1. The summed E-state index contributed by atoms with van der Waals surface area (Å²) >= 11 is 0. The summed E-state index contributed by atoms with van der Waals surface area (Å²) in [7, 11) is -3.94. The summed E-state index contributed by atoms with van der Waals surface area (Å²) in [6, 6.07) is 9.41. The fourth-order valence-corrected chi connectivity index (χ4v) is 3.32. The Labute approximate surface area is 124 Å². The van der Waals surface area contributed by atoms with E-state index in [0.29, 0.717) is 25.9 Å². The molecule has 0 aliphatic carbocycles. The Kier molecular flexibility index (Phi) is 5.19. The Morgan fingerprint density at radius 2 is 1.86 bits per heavy atom. The molecule has 1 heterocycles. The van der Waals surface area contributed by atoms with Crippen molar-refractivity contribution in [2.45, 2.75) is 19.4 Å². The van der Waals surface area contributed by atoms with E-state index in [1.54, 1.807) is 4.90 Å². The molecule has 0 unspecified atom stereocenters. The predicted molar refractivity (Wildman–Crippen MR) is 77.3 cm³/mol. The molecule has 0 bridgehead atoms. The topological polar surface area (TPSA) is 83.9 Å². The minimum absolute atomic E-state index is 0.0989. The SMILES string of the molecule is O=C(OCc1ccccc1)N1CCC(CS(=O)(=O)O)CC1. The van der Waals surface area contributed by atoms with Gasteiger partial charge < -0.3 is 9.64 Å². The first kappa shape index (κ1) is 15.8. The number of piperidine rings is 1. The van der Waals surface area contributed by atoms with Crippen molar-refractivity contribution in [1.29, 1.82) is 0 Å². The lowest BCUT2D eigenvalue weighted by Gasteiger charge is -2.30. The van der Waals surface area contributed by atoms with Crippen LogP contribution in [-0.2, 0) is 21.5 Å². The maximum Gasteiger partial charge on any atom is 0.410 e. The van der Waals surface area contributed by atoms with E-state index in [0.717, 1.165) is 5.56 Å². The molecule has 21 heavy (non-hydrogen) atoms. The molecular formula is C14H19NO5S. The summed E-state index contributed by atoms with van der Waals surface area (Å²) in [6.07, 6.45) is 0.727. The van der Waals surface area contributed by atoms with Gasteiger partial charge in [0, 0.05) is 13.1 Å². The molecule has 7 heteroatoms. The highest BCUT2D eigenvalue weighted by Crippen LogP contribution is 2.19. The second-order valence-electron chi connectivity index (χ2n) is 5.22. The molecule has 0 aromatic heterocycles. The maximum absolute atomic E-state index is 11.9. The number of nitrogens with zero attached hydrogens (tertiary/aromatic N) is 1. The molecule has 0 radical (unpaired) electrons. The average Bonchev–Trinajstić information content (AvgIpc) is 2.45. The van der Waals surface area contributed by atoms with E-state index in [-0.39, 0.29) is 24.4 Å². The number of hydrogen-bond donors (Lipinski definition) is 1. The lowest BCUT2D eigenvalue weighted by Crippen LogP contribution is -2.40. The van der Waals surface area contributed by atoms with Crippen LogP contribution in [-0.4, -0.2) is 42.8 Å². The molecular weight excluding hydrogens is 294 g/mol. The fourth-order valence-electron chi connectivity index (χ4n) is 2.39. The van der Waals surface area contributed by atoms with Gasteiger partial charge >= 0.3 is 6.09 Å². The minimum Gasteiger partial charge on any atom is -0.445 e. The number of ether oxygens (including phenoxy) is 1. The molecule has 0 atom stereocenters. The number of hydrogen-bond acceptors (Lipinski definition) is 4. The number of carbonyl (C=O) groups excluding carboxylic acids is 1. The van der Waals surface area contributed by atoms with Crippen LogP contribution >= 0.6 is 0 Å². The van der Waals surface area contributed by atoms with Crippen molar-refractivity contribution in [3.8, 4) is 0 Å². The van der Waals surface area contributed by atoms with Crippen LogP contribution in [0, 0.1) is 5.92 Å². The summed E-state index contributed by atoms with van der Waals surface area (Å²) in [5.41, 5.74) is 0.923. The molecule has 1 N–H and O–H groups in total. The van der Waals surface area contributed by atoms with Crippen LogP contribution < -0.4 is 0 Å². The Balaban J connectivity index is 1.75. The third kappa shape index (κ3) is 5.35. The largest absolute Gasteiger partial charge is 0.445 e. The average molecular weight is 313 g/mol. The number of likely N-dealkylation sites (tertiary alicyclic amines) is 1. The highest BCUT2D eigenvalue weighted by atomic mass is 32.2. The van der Waals surface area contributed by atoms with E-state index >= 15 is 0 Å². The third-order valence-corrected chi connectivity index (χ3v) is 4.42. The zero-order chi connectivity index (χ0) is 15.3. The summed E-state index contributed by atoms with van der Waals surface area (Å²) in [4.78, 5) is 13.5. The van der Waals surface area contributed by atoms with Gasteiger partial charge in [0.05, 0.1) is 5.75 Å². The molecule has 116 valence electrons. The van der Waals surface area contributed by atoms with Crippen LogP contribution in [0.15, 0.2) is 30.3 Å². The summed E-state index contributed by atoms with van der Waals surface area (Å²) in [6.45, 7) is 1.13. The summed E-state index contributed by atoms with van der Waals surface area (Å²) in [5.74, 6) is -0.335. The van der Waals surface area contributed by atoms with Crippen molar-refractivity contribution in [2.24, 2.45) is 5.92 Å². The lowest BCUT2D eigenvalue weighted by molar-refractivity contribution is 0.0838. The van der Waals surface area contributed by atoms with Crippen LogP contribution in [0.3, 0.4) is 0 Å². The predicted octanol–water partition coefficient (Wildman–Crippen LogP) is 1.92. The quantitative estimate of drug-likeness (QED) is 0.859. The van der Waals surface area contributed by atoms with E-state index in [1.807, 2.05) is 30.3 Å². The zero-order valence-corrected chi connectivity index (χ0v) is 12.5. The van der Waals surface area contributed by atoms with E-state index in [4.69, 9.17) is 9.29 Å². The van der Waals surface area contributed by atoms with Crippen LogP contribution in [0.4, 0.5) is 4.79 Å². The van der Waals surface area contributed by atoms with Gasteiger partial charge in [-0.1, -0.05) is 30.3 Å². The van der Waals surface area contributed by atoms with Crippen molar-refractivity contribution < 1.29 is 22.5 Å². The van der Waals surface area contributed by atoms with Crippen LogP contribution in [0.2, 0.25) is 0 Å². The Bertz CT molecular complexity index is 564. The van der Waals surface area contributed by atoms with Crippen LogP contribution in [0.25, 0.3) is 0 Å². The molecule has 1 amide bonds. The number of rotatable bonds is 4. The van der Waals surface area contributed by atoms with Crippen molar-refractivity contribution in [3.05, 3.63) is 35.9 Å². The Hall–Kier alpha value is -1.60. The first-order chi connectivity index (χ1) is 9.94. The van der Waals surface area contributed by atoms with Gasteiger partial charge in [0.1, 0.15) is 6.61 Å². The lowest BCUT2D eigenvalue weighted by atomic mass is 9.99. The molecule has 1 aliphatic rings. The molecule has 1 aromatic carbocycles. The molecule has 1 fully saturated rings. The molecule has 2 rings (SSSR count). The van der Waals surface area contributed by atoms with E-state index in [9.17, 15) is 13.2 Å². The Morgan fingerprint density at radius 3 is 2.43 bits per heavy atom. The Morgan fingerprint density at radius 1 is 1.24 bits per heavy atom. The number of carbonyl (C=O) groups is 1. The standard InChI is InChI=1S/C14H19NO5S/c16-14(20-10-12-4-2-1-3-5-12)15-8-6-13(7-9-15)11-21(17,18)19/h1-5,13H,6-11H2,(H,17,18,19).